The second-order valence-corrected chi connectivity index (χ2v) is 5.70. The summed E-state index contributed by atoms with van der Waals surface area (Å²) in [4.78, 5) is 1.61. The predicted molar refractivity (Wildman–Crippen MR) is 76.9 cm³/mol. The van der Waals surface area contributed by atoms with E-state index in [1.54, 1.807) is 11.9 Å². The van der Waals surface area contributed by atoms with Crippen LogP contribution in [-0.4, -0.2) is 24.3 Å². The van der Waals surface area contributed by atoms with E-state index >= 15 is 0 Å². The fourth-order valence-electron chi connectivity index (χ4n) is 2.76. The molecule has 1 aromatic carbocycles. The van der Waals surface area contributed by atoms with Gasteiger partial charge in [0.25, 0.3) is 0 Å². The molecule has 0 aliphatic heterocycles. The van der Waals surface area contributed by atoms with Gasteiger partial charge in [-0.25, -0.2) is 4.39 Å². The standard InChI is InChI=1S/C13H19ClFN3O/c1-18(7-13(19)4-2-3-5-13)12-9(17)6-8(16)10(14)11(12)15/h6,19H,2-5,7,16-17H2,1H3. The smallest absolute Gasteiger partial charge is 0.169 e. The van der Waals surface area contributed by atoms with E-state index in [1.807, 2.05) is 0 Å². The minimum absolute atomic E-state index is 0.119. The van der Waals surface area contributed by atoms with E-state index in [-0.39, 0.29) is 22.1 Å². The summed E-state index contributed by atoms with van der Waals surface area (Å²) in [5, 5.41) is 10.2. The van der Waals surface area contributed by atoms with Crippen LogP contribution in [0.4, 0.5) is 21.5 Å². The van der Waals surface area contributed by atoms with Gasteiger partial charge in [-0.2, -0.15) is 0 Å². The molecule has 1 aliphatic rings. The van der Waals surface area contributed by atoms with Gasteiger partial charge in [-0.1, -0.05) is 24.4 Å². The van der Waals surface area contributed by atoms with E-state index in [0.29, 0.717) is 6.54 Å². The minimum atomic E-state index is -0.776. The average Bonchev–Trinajstić information content (AvgIpc) is 2.72. The molecule has 0 atom stereocenters. The maximum Gasteiger partial charge on any atom is 0.169 e. The quantitative estimate of drug-likeness (QED) is 0.746. The summed E-state index contributed by atoms with van der Waals surface area (Å²) in [6, 6.07) is 1.44. The van der Waals surface area contributed by atoms with Crippen molar-refractivity contribution in [3.05, 3.63) is 16.9 Å². The molecule has 0 bridgehead atoms. The number of anilines is 3. The van der Waals surface area contributed by atoms with Gasteiger partial charge >= 0.3 is 0 Å². The van der Waals surface area contributed by atoms with Crippen molar-refractivity contribution in [3.63, 3.8) is 0 Å². The molecular formula is C13H19ClFN3O. The molecule has 0 aromatic heterocycles. The Labute approximate surface area is 117 Å². The third kappa shape index (κ3) is 2.72. The van der Waals surface area contributed by atoms with Crippen LogP contribution < -0.4 is 16.4 Å². The number of hydrogen-bond acceptors (Lipinski definition) is 4. The van der Waals surface area contributed by atoms with E-state index < -0.39 is 11.4 Å². The van der Waals surface area contributed by atoms with Gasteiger partial charge in [0, 0.05) is 13.6 Å². The van der Waals surface area contributed by atoms with E-state index in [0.717, 1.165) is 25.7 Å². The average molecular weight is 288 g/mol. The number of nitrogens with two attached hydrogens (primary N) is 2. The highest BCUT2D eigenvalue weighted by atomic mass is 35.5. The maximum atomic E-state index is 14.2. The number of benzene rings is 1. The minimum Gasteiger partial charge on any atom is -0.397 e. The second-order valence-electron chi connectivity index (χ2n) is 5.32. The highest BCUT2D eigenvalue weighted by Crippen LogP contribution is 2.38. The molecule has 6 heteroatoms. The van der Waals surface area contributed by atoms with Gasteiger partial charge < -0.3 is 21.5 Å². The number of nitrogen functional groups attached to an aromatic ring is 2. The molecule has 1 aromatic rings. The Hall–Kier alpha value is -1.20. The van der Waals surface area contributed by atoms with Crippen LogP contribution in [-0.2, 0) is 0 Å². The Kier molecular flexibility index (Phi) is 3.78. The van der Waals surface area contributed by atoms with Crippen LogP contribution in [0.5, 0.6) is 0 Å². The van der Waals surface area contributed by atoms with Gasteiger partial charge in [0.05, 0.1) is 22.7 Å². The molecule has 1 aliphatic carbocycles. The zero-order chi connectivity index (χ0) is 14.2. The van der Waals surface area contributed by atoms with Crippen LogP contribution in [0.3, 0.4) is 0 Å². The first-order valence-corrected chi connectivity index (χ1v) is 6.68. The molecule has 2 rings (SSSR count). The lowest BCUT2D eigenvalue weighted by atomic mass is 10.0. The van der Waals surface area contributed by atoms with Gasteiger partial charge in [0.15, 0.2) is 5.82 Å². The molecule has 1 saturated carbocycles. The normalized spacial score (nSPS) is 17.7. The molecule has 0 spiro atoms. The molecule has 0 heterocycles. The van der Waals surface area contributed by atoms with Crippen molar-refractivity contribution in [2.75, 3.05) is 30.0 Å². The summed E-state index contributed by atoms with van der Waals surface area (Å²) in [7, 11) is 1.69. The van der Waals surface area contributed by atoms with Gasteiger partial charge in [-0.05, 0) is 18.9 Å². The second kappa shape index (κ2) is 5.06. The Bertz CT molecular complexity index is 489. The first kappa shape index (κ1) is 14.2. The van der Waals surface area contributed by atoms with Crippen LogP contribution in [0.15, 0.2) is 6.07 Å². The molecule has 1 fully saturated rings. The van der Waals surface area contributed by atoms with Crippen molar-refractivity contribution in [3.8, 4) is 0 Å². The predicted octanol–water partition coefficient (Wildman–Crippen LogP) is 2.38. The van der Waals surface area contributed by atoms with Gasteiger partial charge in [0.2, 0.25) is 0 Å². The third-order valence-corrected chi connectivity index (χ3v) is 4.07. The monoisotopic (exact) mass is 287 g/mol. The molecule has 0 unspecified atom stereocenters. The summed E-state index contributed by atoms with van der Waals surface area (Å²) in [6.07, 6.45) is 3.43. The molecular weight excluding hydrogens is 269 g/mol. The Balaban J connectivity index is 2.28. The van der Waals surface area contributed by atoms with Crippen molar-refractivity contribution in [1.29, 1.82) is 0 Å². The van der Waals surface area contributed by atoms with Crippen molar-refractivity contribution >= 4 is 28.7 Å². The molecule has 106 valence electrons. The fourth-order valence-corrected chi connectivity index (χ4v) is 2.90. The summed E-state index contributed by atoms with van der Waals surface area (Å²) in [6.45, 7) is 0.328. The van der Waals surface area contributed by atoms with Gasteiger partial charge in [-0.3, -0.25) is 0 Å². The zero-order valence-corrected chi connectivity index (χ0v) is 11.7. The lowest BCUT2D eigenvalue weighted by Gasteiger charge is -2.31. The fraction of sp³-hybridized carbons (Fsp3) is 0.538. The highest BCUT2D eigenvalue weighted by molar-refractivity contribution is 6.33. The third-order valence-electron chi connectivity index (χ3n) is 3.69. The number of likely N-dealkylation sites (N-methyl/N-ethyl adjacent to an activating group) is 1. The lowest BCUT2D eigenvalue weighted by Crippen LogP contribution is -2.39. The summed E-state index contributed by atoms with van der Waals surface area (Å²) < 4.78 is 14.2. The first-order valence-electron chi connectivity index (χ1n) is 6.30. The zero-order valence-electron chi connectivity index (χ0n) is 10.9. The largest absolute Gasteiger partial charge is 0.397 e. The SMILES string of the molecule is CN(CC1(O)CCCC1)c1c(N)cc(N)c(Cl)c1F. The first-order chi connectivity index (χ1) is 8.84. The van der Waals surface area contributed by atoms with Crippen molar-refractivity contribution in [2.45, 2.75) is 31.3 Å². The Morgan fingerprint density at radius 1 is 1.37 bits per heavy atom. The van der Waals surface area contributed by atoms with Gasteiger partial charge in [0.1, 0.15) is 5.02 Å². The van der Waals surface area contributed by atoms with Crippen LogP contribution in [0.1, 0.15) is 25.7 Å². The topological polar surface area (TPSA) is 75.5 Å². The summed E-state index contributed by atoms with van der Waals surface area (Å²) in [5.41, 5.74) is 11.1. The van der Waals surface area contributed by atoms with E-state index in [2.05, 4.69) is 0 Å². The van der Waals surface area contributed by atoms with Crippen molar-refractivity contribution in [2.24, 2.45) is 0 Å². The number of aliphatic hydroxyl groups is 1. The molecule has 0 saturated heterocycles. The van der Waals surface area contributed by atoms with E-state index in [4.69, 9.17) is 23.1 Å². The van der Waals surface area contributed by atoms with E-state index in [9.17, 15) is 9.50 Å². The van der Waals surface area contributed by atoms with Crippen molar-refractivity contribution < 1.29 is 9.50 Å². The lowest BCUT2D eigenvalue weighted by molar-refractivity contribution is 0.0558. The van der Waals surface area contributed by atoms with Crippen molar-refractivity contribution in [1.82, 2.24) is 0 Å². The number of rotatable bonds is 3. The summed E-state index contributed by atoms with van der Waals surface area (Å²) in [5.74, 6) is -0.636. The van der Waals surface area contributed by atoms with Crippen LogP contribution in [0.25, 0.3) is 0 Å². The molecule has 0 radical (unpaired) electrons. The highest BCUT2D eigenvalue weighted by Gasteiger charge is 2.33. The molecule has 4 nitrogen and oxygen atoms in total. The Morgan fingerprint density at radius 3 is 2.53 bits per heavy atom. The Morgan fingerprint density at radius 2 is 1.95 bits per heavy atom. The molecule has 19 heavy (non-hydrogen) atoms. The number of hydrogen-bond donors (Lipinski definition) is 3. The molecule has 5 N–H and O–H groups in total. The van der Waals surface area contributed by atoms with Crippen LogP contribution in [0.2, 0.25) is 5.02 Å². The molecule has 0 amide bonds. The summed E-state index contributed by atoms with van der Waals surface area (Å²) >= 11 is 5.81. The van der Waals surface area contributed by atoms with Crippen LogP contribution >= 0.6 is 11.6 Å². The maximum absolute atomic E-state index is 14.2. The van der Waals surface area contributed by atoms with Gasteiger partial charge in [-0.15, -0.1) is 0 Å². The number of halogens is 2. The van der Waals surface area contributed by atoms with E-state index in [1.165, 1.54) is 6.07 Å². The number of nitrogens with zero attached hydrogens (tertiary/aromatic N) is 1. The van der Waals surface area contributed by atoms with Crippen LogP contribution in [0, 0.1) is 5.82 Å².